The van der Waals surface area contributed by atoms with E-state index >= 15 is 0 Å². The van der Waals surface area contributed by atoms with Crippen LogP contribution in [0.15, 0.2) is 47.4 Å². The third-order valence-electron chi connectivity index (χ3n) is 3.48. The molecule has 0 heterocycles. The van der Waals surface area contributed by atoms with Crippen molar-refractivity contribution in [1.29, 1.82) is 0 Å². The summed E-state index contributed by atoms with van der Waals surface area (Å²) >= 11 is 1.53. The van der Waals surface area contributed by atoms with Gasteiger partial charge >= 0.3 is 0 Å². The lowest BCUT2D eigenvalue weighted by atomic mass is 10.1. The Labute approximate surface area is 147 Å². The lowest BCUT2D eigenvalue weighted by Gasteiger charge is -2.13. The number of nitrogens with one attached hydrogen (secondary N) is 1. The molecule has 2 aromatic carbocycles. The van der Waals surface area contributed by atoms with Crippen molar-refractivity contribution in [1.82, 2.24) is 0 Å². The molecule has 4 nitrogen and oxygen atoms in total. The maximum absolute atomic E-state index is 12.6. The number of carbonyl (C=O) groups is 1. The first-order valence-corrected chi connectivity index (χ1v) is 10.3. The predicted octanol–water partition coefficient (Wildman–Crippen LogP) is 4.04. The van der Waals surface area contributed by atoms with Crippen molar-refractivity contribution >= 4 is 33.3 Å². The normalized spacial score (nSPS) is 12.7. The summed E-state index contributed by atoms with van der Waals surface area (Å²) in [4.78, 5) is 13.7. The van der Waals surface area contributed by atoms with E-state index in [-0.39, 0.29) is 11.0 Å². The Morgan fingerprint density at radius 2 is 1.71 bits per heavy atom. The Bertz CT molecular complexity index is 843. The Morgan fingerprint density at radius 1 is 1.08 bits per heavy atom. The van der Waals surface area contributed by atoms with Crippen LogP contribution in [0.3, 0.4) is 0 Å². The van der Waals surface area contributed by atoms with Gasteiger partial charge in [0.1, 0.15) is 0 Å². The fourth-order valence-electron chi connectivity index (χ4n) is 2.33. The first-order valence-electron chi connectivity index (χ1n) is 7.52. The zero-order chi connectivity index (χ0) is 17.9. The minimum atomic E-state index is -3.31. The van der Waals surface area contributed by atoms with Gasteiger partial charge in [-0.2, -0.15) is 0 Å². The highest BCUT2D eigenvalue weighted by Gasteiger charge is 2.17. The molecule has 0 amide bonds. The minimum Gasteiger partial charge on any atom is -0.293 e. The molecule has 0 fully saturated rings. The lowest BCUT2D eigenvalue weighted by molar-refractivity contribution is 0.0994. The first kappa shape index (κ1) is 18.5. The molecular weight excluding hydrogens is 342 g/mol. The van der Waals surface area contributed by atoms with Gasteiger partial charge in [-0.05, 0) is 56.7 Å². The fraction of sp³-hybridized carbons (Fsp3) is 0.278. The Morgan fingerprint density at radius 3 is 2.25 bits per heavy atom. The SMILES string of the molecule is Cc1ccc(S[C@H](C)C(=O)c2ccc(NS(C)(=O)=O)cc2)c(C)c1. The average Bonchev–Trinajstić information content (AvgIpc) is 2.48. The second kappa shape index (κ2) is 7.40. The molecule has 128 valence electrons. The average molecular weight is 364 g/mol. The predicted molar refractivity (Wildman–Crippen MR) is 100 cm³/mol. The summed E-state index contributed by atoms with van der Waals surface area (Å²) < 4.78 is 24.8. The summed E-state index contributed by atoms with van der Waals surface area (Å²) in [6.07, 6.45) is 1.09. The second-order valence-corrected chi connectivity index (χ2v) is 8.98. The van der Waals surface area contributed by atoms with Crippen LogP contribution in [0.4, 0.5) is 5.69 Å². The number of anilines is 1. The minimum absolute atomic E-state index is 0.0193. The van der Waals surface area contributed by atoms with Gasteiger partial charge in [0.25, 0.3) is 0 Å². The third-order valence-corrected chi connectivity index (χ3v) is 5.36. The molecule has 0 aliphatic rings. The van der Waals surface area contributed by atoms with Crippen LogP contribution in [-0.4, -0.2) is 25.7 Å². The summed E-state index contributed by atoms with van der Waals surface area (Å²) in [5, 5.41) is -0.222. The molecule has 0 saturated carbocycles. The quantitative estimate of drug-likeness (QED) is 0.621. The number of rotatable bonds is 6. The van der Waals surface area contributed by atoms with Crippen molar-refractivity contribution in [3.05, 3.63) is 59.2 Å². The molecule has 0 aliphatic carbocycles. The highest BCUT2D eigenvalue weighted by molar-refractivity contribution is 8.00. The van der Waals surface area contributed by atoms with E-state index in [9.17, 15) is 13.2 Å². The van der Waals surface area contributed by atoms with Crippen LogP contribution < -0.4 is 4.72 Å². The molecule has 2 aromatic rings. The number of benzene rings is 2. The number of ketones is 1. The van der Waals surface area contributed by atoms with Gasteiger partial charge in [0.2, 0.25) is 10.0 Å². The summed E-state index contributed by atoms with van der Waals surface area (Å²) in [6.45, 7) is 5.97. The van der Waals surface area contributed by atoms with Crippen molar-refractivity contribution in [3.8, 4) is 0 Å². The van der Waals surface area contributed by atoms with E-state index in [1.165, 1.54) is 17.3 Å². The van der Waals surface area contributed by atoms with E-state index < -0.39 is 10.0 Å². The highest BCUT2D eigenvalue weighted by atomic mass is 32.2. The molecule has 2 rings (SSSR count). The van der Waals surface area contributed by atoms with E-state index in [0.29, 0.717) is 11.3 Å². The maximum atomic E-state index is 12.6. The van der Waals surface area contributed by atoms with Crippen LogP contribution in [-0.2, 0) is 10.0 Å². The smallest absolute Gasteiger partial charge is 0.229 e. The lowest BCUT2D eigenvalue weighted by Crippen LogP contribution is -2.14. The van der Waals surface area contributed by atoms with Crippen molar-refractivity contribution in [2.75, 3.05) is 11.0 Å². The molecule has 0 radical (unpaired) electrons. The number of Topliss-reactive ketones (excluding diaryl/α,β-unsaturated/α-hetero) is 1. The molecule has 24 heavy (non-hydrogen) atoms. The maximum Gasteiger partial charge on any atom is 0.229 e. The first-order chi connectivity index (χ1) is 11.2. The monoisotopic (exact) mass is 363 g/mol. The number of sulfonamides is 1. The Hall–Kier alpha value is -1.79. The number of carbonyl (C=O) groups excluding carboxylic acids is 1. The third kappa shape index (κ3) is 5.11. The summed E-state index contributed by atoms with van der Waals surface area (Å²) in [5.74, 6) is 0.0193. The van der Waals surface area contributed by atoms with E-state index in [0.717, 1.165) is 16.7 Å². The standard InChI is InChI=1S/C18H21NO3S2/c1-12-5-10-17(13(2)11-12)23-14(3)18(20)15-6-8-16(9-7-15)19-24(4,21)22/h5-11,14,19H,1-4H3/t14-/m1/s1. The van der Waals surface area contributed by atoms with Gasteiger partial charge in [-0.25, -0.2) is 8.42 Å². The van der Waals surface area contributed by atoms with Gasteiger partial charge < -0.3 is 0 Å². The van der Waals surface area contributed by atoms with Gasteiger partial charge in [0.15, 0.2) is 5.78 Å². The number of aryl methyl sites for hydroxylation is 2. The van der Waals surface area contributed by atoms with Crippen LogP contribution >= 0.6 is 11.8 Å². The van der Waals surface area contributed by atoms with Crippen LogP contribution in [0.25, 0.3) is 0 Å². The van der Waals surface area contributed by atoms with Crippen molar-refractivity contribution in [2.24, 2.45) is 0 Å². The highest BCUT2D eigenvalue weighted by Crippen LogP contribution is 2.29. The summed E-state index contributed by atoms with van der Waals surface area (Å²) in [5.41, 5.74) is 3.37. The molecule has 0 aliphatic heterocycles. The van der Waals surface area contributed by atoms with Crippen molar-refractivity contribution in [2.45, 2.75) is 30.9 Å². The van der Waals surface area contributed by atoms with Crippen molar-refractivity contribution in [3.63, 3.8) is 0 Å². The second-order valence-electron chi connectivity index (χ2n) is 5.84. The van der Waals surface area contributed by atoms with Crippen molar-refractivity contribution < 1.29 is 13.2 Å². The van der Waals surface area contributed by atoms with Crippen LogP contribution in [0.1, 0.15) is 28.4 Å². The molecule has 0 unspecified atom stereocenters. The van der Waals surface area contributed by atoms with E-state index in [4.69, 9.17) is 0 Å². The number of hydrogen-bond donors (Lipinski definition) is 1. The Balaban J connectivity index is 2.10. The zero-order valence-corrected chi connectivity index (χ0v) is 15.8. The van der Waals surface area contributed by atoms with E-state index in [1.54, 1.807) is 24.3 Å². The molecule has 0 saturated heterocycles. The fourth-order valence-corrected chi connectivity index (χ4v) is 3.91. The number of hydrogen-bond acceptors (Lipinski definition) is 4. The van der Waals surface area contributed by atoms with Crippen LogP contribution in [0.5, 0.6) is 0 Å². The van der Waals surface area contributed by atoms with Crippen LogP contribution in [0, 0.1) is 13.8 Å². The van der Waals surface area contributed by atoms with E-state index in [1.807, 2.05) is 32.9 Å². The summed E-state index contributed by atoms with van der Waals surface area (Å²) in [7, 11) is -3.31. The molecule has 6 heteroatoms. The molecule has 0 spiro atoms. The molecule has 0 aromatic heterocycles. The topological polar surface area (TPSA) is 63.2 Å². The molecule has 1 atom stereocenters. The molecule has 1 N–H and O–H groups in total. The zero-order valence-electron chi connectivity index (χ0n) is 14.2. The van der Waals surface area contributed by atoms with Crippen LogP contribution in [0.2, 0.25) is 0 Å². The largest absolute Gasteiger partial charge is 0.293 e. The van der Waals surface area contributed by atoms with Gasteiger partial charge in [-0.3, -0.25) is 9.52 Å². The number of thioether (sulfide) groups is 1. The van der Waals surface area contributed by atoms with Gasteiger partial charge in [-0.1, -0.05) is 17.7 Å². The van der Waals surface area contributed by atoms with Gasteiger partial charge in [-0.15, -0.1) is 11.8 Å². The summed E-state index contributed by atoms with van der Waals surface area (Å²) in [6, 6.07) is 12.7. The Kier molecular flexibility index (Phi) is 5.72. The van der Waals surface area contributed by atoms with Gasteiger partial charge in [0.05, 0.1) is 11.5 Å². The molecular formula is C18H21NO3S2. The van der Waals surface area contributed by atoms with E-state index in [2.05, 4.69) is 10.8 Å². The molecule has 0 bridgehead atoms. The van der Waals surface area contributed by atoms with Gasteiger partial charge in [0, 0.05) is 16.1 Å².